The number of nitrogen functional groups attached to an aromatic ring is 1. The SMILES string of the molecule is COc1cc(C)c(-c2nc3scc(N)n3n2)cc1C. The molecule has 0 amide bonds. The lowest BCUT2D eigenvalue weighted by Crippen LogP contribution is -1.95. The summed E-state index contributed by atoms with van der Waals surface area (Å²) >= 11 is 1.49. The van der Waals surface area contributed by atoms with Gasteiger partial charge in [0, 0.05) is 10.9 Å². The first-order chi connectivity index (χ1) is 9.10. The summed E-state index contributed by atoms with van der Waals surface area (Å²) in [5.41, 5.74) is 8.99. The fraction of sp³-hybridized carbons (Fsp3) is 0.231. The summed E-state index contributed by atoms with van der Waals surface area (Å²) in [5.74, 6) is 2.19. The quantitative estimate of drug-likeness (QED) is 0.780. The Bertz CT molecular complexity index is 759. The van der Waals surface area contributed by atoms with Crippen molar-refractivity contribution in [3.63, 3.8) is 0 Å². The van der Waals surface area contributed by atoms with E-state index >= 15 is 0 Å². The molecule has 0 bridgehead atoms. The number of hydrogen-bond acceptors (Lipinski definition) is 5. The van der Waals surface area contributed by atoms with Gasteiger partial charge in [0.1, 0.15) is 11.6 Å². The number of hydrogen-bond donors (Lipinski definition) is 1. The number of aryl methyl sites for hydroxylation is 2. The molecule has 1 aromatic carbocycles. The van der Waals surface area contributed by atoms with Crippen molar-refractivity contribution in [3.8, 4) is 17.1 Å². The Balaban J connectivity index is 2.17. The molecular weight excluding hydrogens is 260 g/mol. The average Bonchev–Trinajstić information content (AvgIpc) is 2.94. The molecule has 3 rings (SSSR count). The van der Waals surface area contributed by atoms with Crippen LogP contribution in [0.25, 0.3) is 16.3 Å². The van der Waals surface area contributed by atoms with Crippen molar-refractivity contribution in [2.24, 2.45) is 0 Å². The van der Waals surface area contributed by atoms with Crippen LogP contribution in [0.5, 0.6) is 5.75 Å². The van der Waals surface area contributed by atoms with E-state index in [1.54, 1.807) is 11.6 Å². The summed E-state index contributed by atoms with van der Waals surface area (Å²) in [6, 6.07) is 4.05. The number of rotatable bonds is 2. The van der Waals surface area contributed by atoms with Crippen LogP contribution in [0.15, 0.2) is 17.5 Å². The van der Waals surface area contributed by atoms with E-state index in [0.29, 0.717) is 11.6 Å². The van der Waals surface area contributed by atoms with Gasteiger partial charge in [-0.2, -0.15) is 9.50 Å². The second-order valence-corrected chi connectivity index (χ2v) is 5.26. The number of aromatic nitrogens is 3. The third-order valence-corrected chi connectivity index (χ3v) is 3.92. The molecule has 0 atom stereocenters. The van der Waals surface area contributed by atoms with E-state index in [9.17, 15) is 0 Å². The van der Waals surface area contributed by atoms with Gasteiger partial charge < -0.3 is 10.5 Å². The van der Waals surface area contributed by atoms with E-state index in [4.69, 9.17) is 10.5 Å². The maximum atomic E-state index is 5.83. The lowest BCUT2D eigenvalue weighted by atomic mass is 10.0. The maximum Gasteiger partial charge on any atom is 0.214 e. The molecule has 98 valence electrons. The number of anilines is 1. The predicted octanol–water partition coefficient (Wildman–Crippen LogP) is 2.67. The molecule has 2 heterocycles. The first-order valence-electron chi connectivity index (χ1n) is 5.85. The Morgan fingerprint density at radius 1 is 1.26 bits per heavy atom. The average molecular weight is 274 g/mol. The van der Waals surface area contributed by atoms with Gasteiger partial charge in [0.25, 0.3) is 0 Å². The van der Waals surface area contributed by atoms with E-state index in [1.807, 2.05) is 31.4 Å². The monoisotopic (exact) mass is 274 g/mol. The zero-order valence-electron chi connectivity index (χ0n) is 11.0. The summed E-state index contributed by atoms with van der Waals surface area (Å²) in [6.07, 6.45) is 0. The molecular formula is C13H14N4OS. The largest absolute Gasteiger partial charge is 0.496 e. The fourth-order valence-corrected chi connectivity index (χ4v) is 2.78. The molecule has 0 spiro atoms. The Morgan fingerprint density at radius 3 is 2.74 bits per heavy atom. The lowest BCUT2D eigenvalue weighted by Gasteiger charge is -2.08. The summed E-state index contributed by atoms with van der Waals surface area (Å²) < 4.78 is 6.98. The fourth-order valence-electron chi connectivity index (χ4n) is 2.07. The van der Waals surface area contributed by atoms with Crippen molar-refractivity contribution in [1.82, 2.24) is 14.6 Å². The van der Waals surface area contributed by atoms with Crippen molar-refractivity contribution < 1.29 is 4.74 Å². The van der Waals surface area contributed by atoms with Crippen molar-refractivity contribution in [3.05, 3.63) is 28.6 Å². The molecule has 2 aromatic heterocycles. The van der Waals surface area contributed by atoms with Gasteiger partial charge in [0.05, 0.1) is 7.11 Å². The number of nitrogens with zero attached hydrogens (tertiary/aromatic N) is 3. The highest BCUT2D eigenvalue weighted by atomic mass is 32.1. The molecule has 19 heavy (non-hydrogen) atoms. The first kappa shape index (κ1) is 12.0. The van der Waals surface area contributed by atoms with Gasteiger partial charge in [-0.1, -0.05) is 0 Å². The minimum atomic E-state index is 0.613. The number of nitrogens with two attached hydrogens (primary N) is 1. The Hall–Kier alpha value is -2.08. The number of methoxy groups -OCH3 is 1. The smallest absolute Gasteiger partial charge is 0.214 e. The Labute approximate surface area is 114 Å². The van der Waals surface area contributed by atoms with Crippen LogP contribution >= 0.6 is 11.3 Å². The molecule has 0 saturated heterocycles. The summed E-state index contributed by atoms with van der Waals surface area (Å²) in [6.45, 7) is 4.03. The normalized spacial score (nSPS) is 11.1. The Morgan fingerprint density at radius 2 is 2.05 bits per heavy atom. The molecule has 0 aliphatic rings. The van der Waals surface area contributed by atoms with Gasteiger partial charge in [-0.05, 0) is 37.1 Å². The molecule has 2 N–H and O–H groups in total. The van der Waals surface area contributed by atoms with E-state index in [2.05, 4.69) is 10.1 Å². The van der Waals surface area contributed by atoms with Crippen LogP contribution in [0.4, 0.5) is 5.82 Å². The standard InChI is InChI=1S/C13H14N4OS/c1-7-5-10(18-3)8(2)4-9(7)12-15-13-17(16-12)11(14)6-19-13/h4-6H,14H2,1-3H3. The van der Waals surface area contributed by atoms with Gasteiger partial charge in [0.15, 0.2) is 5.82 Å². The highest BCUT2D eigenvalue weighted by Crippen LogP contribution is 2.29. The number of ether oxygens (including phenoxy) is 1. The third kappa shape index (κ3) is 1.84. The van der Waals surface area contributed by atoms with Crippen molar-refractivity contribution in [2.75, 3.05) is 12.8 Å². The summed E-state index contributed by atoms with van der Waals surface area (Å²) in [5, 5.41) is 6.29. The van der Waals surface area contributed by atoms with E-state index in [-0.39, 0.29) is 0 Å². The molecule has 6 heteroatoms. The van der Waals surface area contributed by atoms with Crippen LogP contribution in [-0.4, -0.2) is 21.7 Å². The molecule has 0 unspecified atom stereocenters. The van der Waals surface area contributed by atoms with Crippen LogP contribution in [0.2, 0.25) is 0 Å². The molecule has 5 nitrogen and oxygen atoms in total. The molecule has 0 aliphatic heterocycles. The number of benzene rings is 1. The van der Waals surface area contributed by atoms with Crippen LogP contribution in [0.1, 0.15) is 11.1 Å². The van der Waals surface area contributed by atoms with E-state index in [1.165, 1.54) is 11.3 Å². The zero-order chi connectivity index (χ0) is 13.6. The number of fused-ring (bicyclic) bond motifs is 1. The Kier molecular flexibility index (Phi) is 2.67. The van der Waals surface area contributed by atoms with Crippen LogP contribution in [0.3, 0.4) is 0 Å². The van der Waals surface area contributed by atoms with Gasteiger partial charge in [-0.15, -0.1) is 16.4 Å². The molecule has 3 aromatic rings. The molecule has 0 radical (unpaired) electrons. The zero-order valence-corrected chi connectivity index (χ0v) is 11.8. The minimum Gasteiger partial charge on any atom is -0.496 e. The highest BCUT2D eigenvalue weighted by molar-refractivity contribution is 7.15. The minimum absolute atomic E-state index is 0.613. The second kappa shape index (κ2) is 4.24. The topological polar surface area (TPSA) is 65.4 Å². The maximum absolute atomic E-state index is 5.83. The number of thiazole rings is 1. The lowest BCUT2D eigenvalue weighted by molar-refractivity contribution is 0.411. The second-order valence-electron chi connectivity index (χ2n) is 4.43. The van der Waals surface area contributed by atoms with Crippen LogP contribution in [0, 0.1) is 13.8 Å². The molecule has 0 saturated carbocycles. The third-order valence-electron chi connectivity index (χ3n) is 3.09. The van der Waals surface area contributed by atoms with Gasteiger partial charge in [0.2, 0.25) is 4.96 Å². The van der Waals surface area contributed by atoms with Crippen LogP contribution in [-0.2, 0) is 0 Å². The first-order valence-corrected chi connectivity index (χ1v) is 6.73. The van der Waals surface area contributed by atoms with Gasteiger partial charge >= 0.3 is 0 Å². The molecule has 0 aliphatic carbocycles. The summed E-state index contributed by atoms with van der Waals surface area (Å²) in [7, 11) is 1.67. The van der Waals surface area contributed by atoms with Crippen LogP contribution < -0.4 is 10.5 Å². The molecule has 0 fully saturated rings. The van der Waals surface area contributed by atoms with E-state index in [0.717, 1.165) is 27.4 Å². The predicted molar refractivity (Wildman–Crippen MR) is 76.7 cm³/mol. The summed E-state index contributed by atoms with van der Waals surface area (Å²) in [4.78, 5) is 5.32. The van der Waals surface area contributed by atoms with Gasteiger partial charge in [-0.25, -0.2) is 0 Å². The van der Waals surface area contributed by atoms with Crippen molar-refractivity contribution in [1.29, 1.82) is 0 Å². The van der Waals surface area contributed by atoms with Gasteiger partial charge in [-0.3, -0.25) is 0 Å². The van der Waals surface area contributed by atoms with Crippen molar-refractivity contribution >= 4 is 22.1 Å². The van der Waals surface area contributed by atoms with E-state index < -0.39 is 0 Å². The van der Waals surface area contributed by atoms with Crippen molar-refractivity contribution in [2.45, 2.75) is 13.8 Å². The highest BCUT2D eigenvalue weighted by Gasteiger charge is 2.13.